The van der Waals surface area contributed by atoms with Gasteiger partial charge in [0, 0.05) is 19.6 Å². The van der Waals surface area contributed by atoms with E-state index in [0.717, 1.165) is 6.92 Å². The molecule has 0 heterocycles. The van der Waals surface area contributed by atoms with Gasteiger partial charge in [0.05, 0.1) is 0 Å². The van der Waals surface area contributed by atoms with Crippen LogP contribution in [0.2, 0.25) is 0 Å². The first-order chi connectivity index (χ1) is 5.33. The molecule has 8 heteroatoms. The Bertz CT molecular complexity index is 205. The molecule has 0 bridgehead atoms. The third-order valence-corrected chi connectivity index (χ3v) is 2.06. The van der Waals surface area contributed by atoms with E-state index >= 15 is 0 Å². The van der Waals surface area contributed by atoms with E-state index < -0.39 is 19.7 Å². The van der Waals surface area contributed by atoms with Crippen LogP contribution in [0.3, 0.4) is 0 Å². The van der Waals surface area contributed by atoms with Crippen LogP contribution in [0.25, 0.3) is 0 Å². The molecular weight excluding hydrogens is 208 g/mol. The summed E-state index contributed by atoms with van der Waals surface area (Å²) in [6.07, 6.45) is -0.412. The monoisotopic (exact) mass is 219 g/mol. The topological polar surface area (TPSA) is 101 Å². The Balaban J connectivity index is 0. The third-order valence-electron chi connectivity index (χ3n) is 1.17. The zero-order chi connectivity index (χ0) is 9.78. The van der Waals surface area contributed by atoms with E-state index in [1.54, 1.807) is 0 Å². The summed E-state index contributed by atoms with van der Waals surface area (Å²) >= 11 is 0. The number of nitrogens with zero attached hydrogens (tertiary/aromatic N) is 1. The van der Waals surface area contributed by atoms with Gasteiger partial charge in [-0.3, -0.25) is 10.0 Å². The smallest absolute Gasteiger partial charge is 0.779 e. The van der Waals surface area contributed by atoms with Crippen LogP contribution >= 0.6 is 7.60 Å². The Morgan fingerprint density at radius 2 is 2.08 bits per heavy atom. The second-order valence-corrected chi connectivity index (χ2v) is 4.08. The minimum Gasteiger partial charge on any atom is -0.779 e. The Labute approximate surface area is 98.3 Å². The molecule has 0 rings (SSSR count). The fourth-order valence-corrected chi connectivity index (χ4v) is 1.12. The molecule has 0 saturated carbocycles. The molecule has 6 nitrogen and oxygen atoms in total. The van der Waals surface area contributed by atoms with Gasteiger partial charge in [0.1, 0.15) is 7.60 Å². The van der Waals surface area contributed by atoms with Gasteiger partial charge in [0.2, 0.25) is 5.91 Å². The zero-order valence-corrected chi connectivity index (χ0v) is 10.5. The minimum absolute atomic E-state index is 0. The van der Waals surface area contributed by atoms with Gasteiger partial charge in [-0.1, -0.05) is 0 Å². The molecule has 0 saturated heterocycles. The SMILES string of the molecule is CC(=O)N(O)CCCP(=O)([O-])O.[Na+]. The van der Waals surface area contributed by atoms with E-state index in [0.29, 0.717) is 5.06 Å². The summed E-state index contributed by atoms with van der Waals surface area (Å²) in [5.41, 5.74) is 0. The van der Waals surface area contributed by atoms with Crippen LogP contribution in [-0.2, 0) is 9.36 Å². The van der Waals surface area contributed by atoms with Crippen molar-refractivity contribution in [2.75, 3.05) is 12.7 Å². The van der Waals surface area contributed by atoms with Crippen LogP contribution in [0.1, 0.15) is 13.3 Å². The second kappa shape index (κ2) is 6.95. The summed E-state index contributed by atoms with van der Waals surface area (Å²) in [5.74, 6) is -0.561. The van der Waals surface area contributed by atoms with Crippen molar-refractivity contribution >= 4 is 13.5 Å². The maximum absolute atomic E-state index is 10.4. The van der Waals surface area contributed by atoms with Gasteiger partial charge in [-0.15, -0.1) is 0 Å². The Kier molecular flexibility index (Phi) is 8.57. The Morgan fingerprint density at radius 1 is 1.62 bits per heavy atom. The number of hydroxylamine groups is 2. The quantitative estimate of drug-likeness (QED) is 0.218. The van der Waals surface area contributed by atoms with Crippen molar-refractivity contribution in [2.24, 2.45) is 0 Å². The van der Waals surface area contributed by atoms with Crippen molar-refractivity contribution in [2.45, 2.75) is 13.3 Å². The number of carbonyl (C=O) groups excluding carboxylic acids is 1. The number of hydrogen-bond acceptors (Lipinski definition) is 4. The molecule has 72 valence electrons. The summed E-state index contributed by atoms with van der Waals surface area (Å²) in [5, 5.41) is 9.13. The van der Waals surface area contributed by atoms with Gasteiger partial charge in [0.25, 0.3) is 0 Å². The molecule has 0 aliphatic carbocycles. The molecule has 0 aromatic carbocycles. The molecule has 0 aromatic rings. The van der Waals surface area contributed by atoms with E-state index in [-0.39, 0.29) is 42.5 Å². The second-order valence-electron chi connectivity index (χ2n) is 2.36. The summed E-state index contributed by atoms with van der Waals surface area (Å²) in [6.45, 7) is 1.05. The number of amides is 1. The van der Waals surface area contributed by atoms with E-state index in [1.165, 1.54) is 0 Å². The van der Waals surface area contributed by atoms with Crippen molar-refractivity contribution in [3.63, 3.8) is 0 Å². The molecule has 13 heavy (non-hydrogen) atoms. The Hall–Kier alpha value is 0.580. The van der Waals surface area contributed by atoms with Crippen molar-refractivity contribution in [3.8, 4) is 0 Å². The fourth-order valence-electron chi connectivity index (χ4n) is 0.578. The predicted molar refractivity (Wildman–Crippen MR) is 38.5 cm³/mol. The van der Waals surface area contributed by atoms with Crippen LogP contribution in [0, 0.1) is 0 Å². The maximum Gasteiger partial charge on any atom is 1.00 e. The molecule has 2 N–H and O–H groups in total. The van der Waals surface area contributed by atoms with Crippen molar-refractivity contribution < 1.29 is 53.9 Å². The average Bonchev–Trinajstić information content (AvgIpc) is 1.84. The molecule has 1 atom stereocenters. The van der Waals surface area contributed by atoms with E-state index in [1.807, 2.05) is 0 Å². The summed E-state index contributed by atoms with van der Waals surface area (Å²) in [6, 6.07) is 0. The molecule has 1 amide bonds. The van der Waals surface area contributed by atoms with Crippen LogP contribution < -0.4 is 34.5 Å². The largest absolute Gasteiger partial charge is 1.00 e. The van der Waals surface area contributed by atoms with Crippen LogP contribution in [-0.4, -0.2) is 33.8 Å². The zero-order valence-electron chi connectivity index (χ0n) is 7.63. The molecule has 0 aliphatic heterocycles. The van der Waals surface area contributed by atoms with Crippen molar-refractivity contribution in [1.29, 1.82) is 0 Å². The molecule has 0 fully saturated rings. The van der Waals surface area contributed by atoms with Crippen LogP contribution in [0.4, 0.5) is 0 Å². The summed E-state index contributed by atoms with van der Waals surface area (Å²) < 4.78 is 10.2. The minimum atomic E-state index is -4.25. The van der Waals surface area contributed by atoms with Gasteiger partial charge in [-0.25, -0.2) is 5.06 Å². The first kappa shape index (κ1) is 16.0. The van der Waals surface area contributed by atoms with E-state index in [9.17, 15) is 14.3 Å². The van der Waals surface area contributed by atoms with Crippen LogP contribution in [0.5, 0.6) is 0 Å². The standard InChI is InChI=1S/C5H12NO5P.Na/c1-5(7)6(8)3-2-4-12(9,10)11;/h8H,2-4H2,1H3,(H2,9,10,11);/q;+1/p-1. The van der Waals surface area contributed by atoms with Crippen molar-refractivity contribution in [1.82, 2.24) is 5.06 Å². The number of carbonyl (C=O) groups is 1. The van der Waals surface area contributed by atoms with Crippen LogP contribution in [0.15, 0.2) is 0 Å². The van der Waals surface area contributed by atoms with Gasteiger partial charge in [-0.05, 0) is 6.42 Å². The fraction of sp³-hybridized carbons (Fsp3) is 0.800. The first-order valence-corrected chi connectivity index (χ1v) is 5.09. The molecular formula is C5H11NNaO5P. The van der Waals surface area contributed by atoms with Crippen molar-refractivity contribution in [3.05, 3.63) is 0 Å². The van der Waals surface area contributed by atoms with Gasteiger partial charge in [0.15, 0.2) is 0 Å². The maximum atomic E-state index is 10.4. The summed E-state index contributed by atoms with van der Waals surface area (Å²) in [4.78, 5) is 28.8. The van der Waals surface area contributed by atoms with Gasteiger partial charge < -0.3 is 14.4 Å². The number of rotatable bonds is 4. The van der Waals surface area contributed by atoms with Gasteiger partial charge in [-0.2, -0.15) is 0 Å². The molecule has 0 spiro atoms. The predicted octanol–water partition coefficient (Wildman–Crippen LogP) is -3.84. The molecule has 0 aromatic heterocycles. The first-order valence-electron chi connectivity index (χ1n) is 3.33. The Morgan fingerprint density at radius 3 is 2.38 bits per heavy atom. The summed E-state index contributed by atoms with van der Waals surface area (Å²) in [7, 11) is -4.25. The van der Waals surface area contributed by atoms with E-state index in [4.69, 9.17) is 10.1 Å². The number of hydrogen-bond donors (Lipinski definition) is 2. The van der Waals surface area contributed by atoms with E-state index in [2.05, 4.69) is 0 Å². The normalized spacial score (nSPS) is 14.2. The molecule has 0 radical (unpaired) electrons. The molecule has 0 aliphatic rings. The third kappa shape index (κ3) is 10.5. The average molecular weight is 219 g/mol. The molecule has 1 unspecified atom stereocenters. The van der Waals surface area contributed by atoms with Gasteiger partial charge >= 0.3 is 29.6 Å².